The summed E-state index contributed by atoms with van der Waals surface area (Å²) in [5.74, 6) is 1.24. The Kier molecular flexibility index (Phi) is 4.84. The topological polar surface area (TPSA) is 59.2 Å². The Balaban J connectivity index is 1.35. The third-order valence-corrected chi connectivity index (χ3v) is 5.82. The van der Waals surface area contributed by atoms with Crippen LogP contribution in [0.1, 0.15) is 35.2 Å². The molecule has 0 radical (unpaired) electrons. The van der Waals surface area contributed by atoms with Crippen LogP contribution in [0.25, 0.3) is 11.4 Å². The van der Waals surface area contributed by atoms with Gasteiger partial charge in [-0.15, -0.1) is 11.3 Å². The SMILES string of the molecule is CCc1ccc(-c2noc(CCC(=O)N3CCc4sccc4C3)n2)cc1. The maximum Gasteiger partial charge on any atom is 0.227 e. The van der Waals surface area contributed by atoms with Gasteiger partial charge in [-0.05, 0) is 35.4 Å². The molecule has 3 heterocycles. The zero-order valence-electron chi connectivity index (χ0n) is 14.8. The number of carbonyl (C=O) groups excluding carboxylic acids is 1. The monoisotopic (exact) mass is 367 g/mol. The fraction of sp³-hybridized carbons (Fsp3) is 0.350. The lowest BCUT2D eigenvalue weighted by atomic mass is 10.1. The molecule has 6 heteroatoms. The van der Waals surface area contributed by atoms with E-state index in [-0.39, 0.29) is 5.91 Å². The summed E-state index contributed by atoms with van der Waals surface area (Å²) in [7, 11) is 0. The van der Waals surface area contributed by atoms with E-state index in [1.807, 2.05) is 17.0 Å². The van der Waals surface area contributed by atoms with E-state index in [1.54, 1.807) is 11.3 Å². The van der Waals surface area contributed by atoms with Crippen LogP contribution in [0.5, 0.6) is 0 Å². The molecule has 2 aromatic heterocycles. The number of nitrogens with zero attached hydrogens (tertiary/aromatic N) is 3. The molecule has 1 aliphatic heterocycles. The first kappa shape index (κ1) is 17.0. The summed E-state index contributed by atoms with van der Waals surface area (Å²) in [4.78, 5) is 20.3. The molecule has 1 amide bonds. The molecule has 0 N–H and O–H groups in total. The Hall–Kier alpha value is -2.47. The Morgan fingerprint density at radius 1 is 1.27 bits per heavy atom. The van der Waals surface area contributed by atoms with Crippen molar-refractivity contribution in [3.8, 4) is 11.4 Å². The normalized spacial score (nSPS) is 13.7. The van der Waals surface area contributed by atoms with Crippen LogP contribution >= 0.6 is 11.3 Å². The summed E-state index contributed by atoms with van der Waals surface area (Å²) in [6.07, 6.45) is 2.84. The van der Waals surface area contributed by atoms with Crippen LogP contribution < -0.4 is 0 Å². The first-order valence-electron chi connectivity index (χ1n) is 8.98. The third kappa shape index (κ3) is 3.55. The van der Waals surface area contributed by atoms with Gasteiger partial charge < -0.3 is 9.42 Å². The number of aryl methyl sites for hydroxylation is 2. The number of rotatable bonds is 5. The summed E-state index contributed by atoms with van der Waals surface area (Å²) in [6, 6.07) is 10.3. The summed E-state index contributed by atoms with van der Waals surface area (Å²) in [5.41, 5.74) is 3.49. The highest BCUT2D eigenvalue weighted by Gasteiger charge is 2.21. The number of carbonyl (C=O) groups is 1. The molecule has 0 saturated heterocycles. The Labute approximate surface area is 156 Å². The maximum absolute atomic E-state index is 12.5. The largest absolute Gasteiger partial charge is 0.339 e. The highest BCUT2D eigenvalue weighted by atomic mass is 32.1. The Morgan fingerprint density at radius 2 is 2.12 bits per heavy atom. The van der Waals surface area contributed by atoms with Gasteiger partial charge in [0.05, 0.1) is 0 Å². The average Bonchev–Trinajstić information content (AvgIpc) is 3.35. The molecule has 1 aromatic carbocycles. The molecule has 0 fully saturated rings. The van der Waals surface area contributed by atoms with Crippen molar-refractivity contribution >= 4 is 17.2 Å². The molecular formula is C20H21N3O2S. The van der Waals surface area contributed by atoms with Crippen molar-refractivity contribution < 1.29 is 9.32 Å². The van der Waals surface area contributed by atoms with Gasteiger partial charge in [0.15, 0.2) is 0 Å². The molecule has 134 valence electrons. The minimum atomic E-state index is 0.147. The number of benzene rings is 1. The average molecular weight is 367 g/mol. The van der Waals surface area contributed by atoms with Gasteiger partial charge in [0.25, 0.3) is 0 Å². The molecule has 5 nitrogen and oxygen atoms in total. The fourth-order valence-electron chi connectivity index (χ4n) is 3.20. The van der Waals surface area contributed by atoms with E-state index in [2.05, 4.69) is 40.6 Å². The van der Waals surface area contributed by atoms with Crippen molar-refractivity contribution in [3.63, 3.8) is 0 Å². The van der Waals surface area contributed by atoms with Gasteiger partial charge in [0, 0.05) is 36.4 Å². The van der Waals surface area contributed by atoms with Crippen molar-refractivity contribution in [3.05, 3.63) is 57.6 Å². The Bertz CT molecular complexity index is 898. The zero-order chi connectivity index (χ0) is 17.9. The summed E-state index contributed by atoms with van der Waals surface area (Å²) < 4.78 is 5.33. The van der Waals surface area contributed by atoms with Gasteiger partial charge in [-0.3, -0.25) is 4.79 Å². The lowest BCUT2D eigenvalue weighted by molar-refractivity contribution is -0.132. The second-order valence-corrected chi connectivity index (χ2v) is 7.50. The Morgan fingerprint density at radius 3 is 2.92 bits per heavy atom. The number of thiophene rings is 1. The molecule has 26 heavy (non-hydrogen) atoms. The van der Waals surface area contributed by atoms with Gasteiger partial charge >= 0.3 is 0 Å². The maximum atomic E-state index is 12.5. The van der Waals surface area contributed by atoms with E-state index in [1.165, 1.54) is 16.0 Å². The second kappa shape index (κ2) is 7.41. The molecule has 0 aliphatic carbocycles. The van der Waals surface area contributed by atoms with Crippen LogP contribution in [0.2, 0.25) is 0 Å². The van der Waals surface area contributed by atoms with Crippen molar-refractivity contribution in [2.24, 2.45) is 0 Å². The number of amides is 1. The smallest absolute Gasteiger partial charge is 0.227 e. The molecule has 0 atom stereocenters. The molecule has 0 bridgehead atoms. The van der Waals surface area contributed by atoms with E-state index in [0.29, 0.717) is 24.6 Å². The van der Waals surface area contributed by atoms with Crippen LogP contribution in [0.4, 0.5) is 0 Å². The first-order valence-corrected chi connectivity index (χ1v) is 9.86. The van der Waals surface area contributed by atoms with Crippen LogP contribution in [0, 0.1) is 0 Å². The molecular weight excluding hydrogens is 346 g/mol. The van der Waals surface area contributed by atoms with E-state index in [0.717, 1.165) is 31.5 Å². The molecule has 0 saturated carbocycles. The van der Waals surface area contributed by atoms with E-state index in [9.17, 15) is 4.79 Å². The zero-order valence-corrected chi connectivity index (χ0v) is 15.6. The quantitative estimate of drug-likeness (QED) is 0.687. The van der Waals surface area contributed by atoms with Crippen LogP contribution in [-0.4, -0.2) is 27.5 Å². The number of aromatic nitrogens is 2. The summed E-state index contributed by atoms with van der Waals surface area (Å²) >= 11 is 1.78. The van der Waals surface area contributed by atoms with E-state index < -0.39 is 0 Å². The third-order valence-electron chi connectivity index (χ3n) is 4.80. The van der Waals surface area contributed by atoms with E-state index in [4.69, 9.17) is 4.52 Å². The predicted molar refractivity (Wildman–Crippen MR) is 101 cm³/mol. The van der Waals surface area contributed by atoms with Gasteiger partial charge in [-0.1, -0.05) is 36.3 Å². The number of hydrogen-bond donors (Lipinski definition) is 0. The lowest BCUT2D eigenvalue weighted by Crippen LogP contribution is -2.35. The van der Waals surface area contributed by atoms with Gasteiger partial charge in [0.2, 0.25) is 17.6 Å². The number of hydrogen-bond acceptors (Lipinski definition) is 5. The van der Waals surface area contributed by atoms with Crippen molar-refractivity contribution in [2.45, 2.75) is 39.2 Å². The number of fused-ring (bicyclic) bond motifs is 1. The standard InChI is InChI=1S/C20H21N3O2S/c1-2-14-3-5-15(6-4-14)20-21-18(25-22-20)7-8-19(24)23-11-9-17-16(13-23)10-12-26-17/h3-6,10,12H,2,7-9,11,13H2,1H3. The highest BCUT2D eigenvalue weighted by molar-refractivity contribution is 7.10. The molecule has 1 aliphatic rings. The second-order valence-electron chi connectivity index (χ2n) is 6.50. The van der Waals surface area contributed by atoms with Crippen LogP contribution in [0.15, 0.2) is 40.2 Å². The van der Waals surface area contributed by atoms with Gasteiger partial charge in [0.1, 0.15) is 0 Å². The molecule has 3 aromatic rings. The van der Waals surface area contributed by atoms with Crippen LogP contribution in [0.3, 0.4) is 0 Å². The van der Waals surface area contributed by atoms with Crippen molar-refractivity contribution in [1.82, 2.24) is 15.0 Å². The lowest BCUT2D eigenvalue weighted by Gasteiger charge is -2.26. The van der Waals surface area contributed by atoms with Gasteiger partial charge in [-0.25, -0.2) is 0 Å². The van der Waals surface area contributed by atoms with Gasteiger partial charge in [-0.2, -0.15) is 4.98 Å². The molecule has 4 rings (SSSR count). The highest BCUT2D eigenvalue weighted by Crippen LogP contribution is 2.24. The molecule has 0 spiro atoms. The van der Waals surface area contributed by atoms with Crippen molar-refractivity contribution in [1.29, 1.82) is 0 Å². The van der Waals surface area contributed by atoms with Crippen molar-refractivity contribution in [2.75, 3.05) is 6.54 Å². The summed E-state index contributed by atoms with van der Waals surface area (Å²) in [5, 5.41) is 6.15. The predicted octanol–water partition coefficient (Wildman–Crippen LogP) is 3.88. The summed E-state index contributed by atoms with van der Waals surface area (Å²) in [6.45, 7) is 3.64. The minimum absolute atomic E-state index is 0.147. The molecule has 0 unspecified atom stereocenters. The van der Waals surface area contributed by atoms with E-state index >= 15 is 0 Å². The van der Waals surface area contributed by atoms with Crippen LogP contribution in [-0.2, 0) is 30.6 Å². The first-order chi connectivity index (χ1) is 12.7. The minimum Gasteiger partial charge on any atom is -0.339 e. The fourth-order valence-corrected chi connectivity index (χ4v) is 4.09.